The summed E-state index contributed by atoms with van der Waals surface area (Å²) in [6.07, 6.45) is 3.96. The van der Waals surface area contributed by atoms with Crippen molar-refractivity contribution in [3.63, 3.8) is 0 Å². The van der Waals surface area contributed by atoms with Crippen molar-refractivity contribution in [3.05, 3.63) is 51.5 Å². The molecule has 0 aliphatic carbocycles. The molecular formula is C20H31N5S. The van der Waals surface area contributed by atoms with Crippen molar-refractivity contribution in [2.45, 2.75) is 39.8 Å². The van der Waals surface area contributed by atoms with Gasteiger partial charge in [-0.1, -0.05) is 38.1 Å². The molecule has 2 N–H and O–H groups in total. The Bertz CT molecular complexity index is 695. The summed E-state index contributed by atoms with van der Waals surface area (Å²) in [5.41, 5.74) is 2.61. The number of nitrogens with zero attached hydrogens (tertiary/aromatic N) is 3. The molecule has 26 heavy (non-hydrogen) atoms. The summed E-state index contributed by atoms with van der Waals surface area (Å²) in [4.78, 5) is 12.4. The van der Waals surface area contributed by atoms with Crippen molar-refractivity contribution in [2.24, 2.45) is 4.99 Å². The van der Waals surface area contributed by atoms with E-state index in [1.165, 1.54) is 21.0 Å². The van der Waals surface area contributed by atoms with Crippen molar-refractivity contribution < 1.29 is 0 Å². The molecule has 0 aliphatic rings. The summed E-state index contributed by atoms with van der Waals surface area (Å²) in [5.74, 6) is 0.827. The summed E-state index contributed by atoms with van der Waals surface area (Å²) in [5, 5.41) is 7.94. The Morgan fingerprint density at radius 3 is 2.73 bits per heavy atom. The molecule has 0 amide bonds. The van der Waals surface area contributed by atoms with Crippen LogP contribution in [0, 0.1) is 0 Å². The lowest BCUT2D eigenvalue weighted by Gasteiger charge is -2.15. The Morgan fingerprint density at radius 1 is 1.23 bits per heavy atom. The zero-order valence-corrected chi connectivity index (χ0v) is 17.2. The van der Waals surface area contributed by atoms with Gasteiger partial charge in [0.05, 0.1) is 5.01 Å². The topological polar surface area (TPSA) is 52.6 Å². The van der Waals surface area contributed by atoms with E-state index >= 15 is 0 Å². The van der Waals surface area contributed by atoms with Gasteiger partial charge in [0.1, 0.15) is 0 Å². The Hall–Kier alpha value is -1.92. The second-order valence-corrected chi connectivity index (χ2v) is 7.53. The number of hydrogen-bond donors (Lipinski definition) is 2. The number of rotatable bonds is 9. The number of guanidine groups is 1. The van der Waals surface area contributed by atoms with Gasteiger partial charge >= 0.3 is 0 Å². The Morgan fingerprint density at radius 2 is 2.04 bits per heavy atom. The fourth-order valence-electron chi connectivity index (χ4n) is 2.58. The van der Waals surface area contributed by atoms with Crippen LogP contribution in [0.25, 0.3) is 0 Å². The van der Waals surface area contributed by atoms with Gasteiger partial charge in [0.15, 0.2) is 5.96 Å². The summed E-state index contributed by atoms with van der Waals surface area (Å²) in [6, 6.07) is 8.72. The monoisotopic (exact) mass is 373 g/mol. The van der Waals surface area contributed by atoms with E-state index in [9.17, 15) is 0 Å². The molecule has 0 saturated heterocycles. The predicted molar refractivity (Wildman–Crippen MR) is 112 cm³/mol. The van der Waals surface area contributed by atoms with Gasteiger partial charge in [-0.05, 0) is 31.1 Å². The first-order valence-corrected chi connectivity index (χ1v) is 10.1. The molecule has 2 rings (SSSR count). The van der Waals surface area contributed by atoms with Crippen LogP contribution in [0.5, 0.6) is 0 Å². The van der Waals surface area contributed by atoms with Crippen molar-refractivity contribution >= 4 is 17.3 Å². The van der Waals surface area contributed by atoms with Crippen LogP contribution in [0.2, 0.25) is 0 Å². The van der Waals surface area contributed by atoms with Gasteiger partial charge in [-0.25, -0.2) is 4.98 Å². The van der Waals surface area contributed by atoms with Gasteiger partial charge in [0.25, 0.3) is 0 Å². The zero-order valence-electron chi connectivity index (χ0n) is 16.4. The van der Waals surface area contributed by atoms with Crippen LogP contribution in [0.4, 0.5) is 0 Å². The third-order valence-electron chi connectivity index (χ3n) is 4.25. The molecule has 0 bridgehead atoms. The highest BCUT2D eigenvalue weighted by Crippen LogP contribution is 2.13. The van der Waals surface area contributed by atoms with E-state index in [2.05, 4.69) is 70.7 Å². The molecule has 0 unspecified atom stereocenters. The molecule has 2 aromatic rings. The van der Waals surface area contributed by atoms with Gasteiger partial charge in [0.2, 0.25) is 0 Å². The van der Waals surface area contributed by atoms with Crippen LogP contribution in [-0.2, 0) is 25.9 Å². The Kier molecular flexibility index (Phi) is 8.58. The lowest BCUT2D eigenvalue weighted by Crippen LogP contribution is -2.37. The summed E-state index contributed by atoms with van der Waals surface area (Å²) >= 11 is 1.80. The van der Waals surface area contributed by atoms with Gasteiger partial charge in [-0.3, -0.25) is 4.99 Å². The van der Waals surface area contributed by atoms with Crippen molar-refractivity contribution in [1.29, 1.82) is 0 Å². The zero-order chi connectivity index (χ0) is 18.8. The van der Waals surface area contributed by atoms with Crippen molar-refractivity contribution in [3.8, 4) is 0 Å². The minimum absolute atomic E-state index is 0.764. The van der Waals surface area contributed by atoms with Crippen LogP contribution in [0.1, 0.15) is 34.9 Å². The fourth-order valence-corrected chi connectivity index (χ4v) is 3.44. The predicted octanol–water partition coefficient (Wildman–Crippen LogP) is 3.06. The molecule has 6 heteroatoms. The van der Waals surface area contributed by atoms with E-state index in [-0.39, 0.29) is 0 Å². The first kappa shape index (κ1) is 20.4. The highest BCUT2D eigenvalue weighted by Gasteiger charge is 2.03. The minimum atomic E-state index is 0.764. The lowest BCUT2D eigenvalue weighted by atomic mass is 10.1. The highest BCUT2D eigenvalue weighted by atomic mass is 32.1. The molecule has 1 aromatic carbocycles. The first-order chi connectivity index (χ1) is 12.6. The van der Waals surface area contributed by atoms with E-state index in [4.69, 9.17) is 0 Å². The second-order valence-electron chi connectivity index (χ2n) is 6.33. The van der Waals surface area contributed by atoms with Crippen LogP contribution >= 0.6 is 11.3 Å². The number of benzene rings is 1. The van der Waals surface area contributed by atoms with Crippen LogP contribution in [-0.4, -0.2) is 43.0 Å². The van der Waals surface area contributed by atoms with Crippen molar-refractivity contribution in [2.75, 3.05) is 27.2 Å². The molecule has 0 radical (unpaired) electrons. The molecule has 5 nitrogen and oxygen atoms in total. The smallest absolute Gasteiger partial charge is 0.191 e. The summed E-state index contributed by atoms with van der Waals surface area (Å²) in [7, 11) is 3.95. The molecule has 1 heterocycles. The van der Waals surface area contributed by atoms with Crippen LogP contribution in [0.3, 0.4) is 0 Å². The van der Waals surface area contributed by atoms with E-state index in [0.29, 0.717) is 0 Å². The number of nitrogens with one attached hydrogen (secondary N) is 2. The SMILES string of the molecule is CCc1cnc(CCNC(=NC)NCc2cccc(CN(C)CC)c2)s1. The van der Waals surface area contributed by atoms with Crippen molar-refractivity contribution in [1.82, 2.24) is 20.5 Å². The molecule has 0 atom stereocenters. The van der Waals surface area contributed by atoms with Gasteiger partial charge in [0, 0.05) is 44.2 Å². The highest BCUT2D eigenvalue weighted by molar-refractivity contribution is 7.11. The number of hydrogen-bond acceptors (Lipinski definition) is 4. The van der Waals surface area contributed by atoms with E-state index < -0.39 is 0 Å². The maximum atomic E-state index is 4.46. The average molecular weight is 374 g/mol. The van der Waals surface area contributed by atoms with Gasteiger partial charge in [-0.2, -0.15) is 0 Å². The van der Waals surface area contributed by atoms with E-state index in [0.717, 1.165) is 45.0 Å². The standard InChI is InChI=1S/C20H31N5S/c1-5-18-14-23-19(26-18)10-11-22-20(21-3)24-13-16-8-7-9-17(12-16)15-25(4)6-2/h7-9,12,14H,5-6,10-11,13,15H2,1-4H3,(H2,21,22,24). The van der Waals surface area contributed by atoms with Crippen LogP contribution < -0.4 is 10.6 Å². The van der Waals surface area contributed by atoms with Gasteiger partial charge in [-0.15, -0.1) is 11.3 Å². The molecular weight excluding hydrogens is 342 g/mol. The molecule has 0 saturated carbocycles. The molecule has 1 aromatic heterocycles. The Balaban J connectivity index is 1.78. The quantitative estimate of drug-likeness (QED) is 0.524. The van der Waals surface area contributed by atoms with E-state index in [1.807, 2.05) is 6.20 Å². The normalized spacial score (nSPS) is 11.8. The maximum Gasteiger partial charge on any atom is 0.191 e. The minimum Gasteiger partial charge on any atom is -0.356 e. The number of aromatic nitrogens is 1. The molecule has 0 fully saturated rings. The molecule has 142 valence electrons. The second kappa shape index (κ2) is 10.9. The third-order valence-corrected chi connectivity index (χ3v) is 5.45. The fraction of sp³-hybridized carbons (Fsp3) is 0.500. The summed E-state index contributed by atoms with van der Waals surface area (Å²) < 4.78 is 0. The average Bonchev–Trinajstić information content (AvgIpc) is 3.12. The summed E-state index contributed by atoms with van der Waals surface area (Å²) in [6.45, 7) is 7.97. The molecule has 0 spiro atoms. The number of aliphatic imine (C=N–C) groups is 1. The lowest BCUT2D eigenvalue weighted by molar-refractivity contribution is 0.345. The third kappa shape index (κ3) is 6.77. The van der Waals surface area contributed by atoms with Gasteiger partial charge < -0.3 is 15.5 Å². The Labute approximate surface area is 161 Å². The molecule has 0 aliphatic heterocycles. The van der Waals surface area contributed by atoms with E-state index in [1.54, 1.807) is 18.4 Å². The number of aryl methyl sites for hydroxylation is 1. The first-order valence-electron chi connectivity index (χ1n) is 9.29. The van der Waals surface area contributed by atoms with Crippen LogP contribution in [0.15, 0.2) is 35.5 Å². The number of thiazole rings is 1. The largest absolute Gasteiger partial charge is 0.356 e. The maximum absolute atomic E-state index is 4.46.